The van der Waals surface area contributed by atoms with E-state index in [1.807, 2.05) is 61.2 Å². The van der Waals surface area contributed by atoms with Gasteiger partial charge in [-0.25, -0.2) is 28.8 Å². The maximum absolute atomic E-state index is 13.9. The Bertz CT molecular complexity index is 2030. The van der Waals surface area contributed by atoms with Gasteiger partial charge in [0.2, 0.25) is 11.8 Å². The second-order valence-electron chi connectivity index (χ2n) is 13.4. The minimum Gasteiger partial charge on any atom is -0.474 e. The van der Waals surface area contributed by atoms with E-state index in [1.165, 1.54) is 16.8 Å². The number of fused-ring (bicyclic) bond motifs is 1. The minimum atomic E-state index is -0.667. The average Bonchev–Trinajstić information content (AvgIpc) is 3.54. The van der Waals surface area contributed by atoms with Crippen LogP contribution in [-0.4, -0.2) is 72.3 Å². The molecule has 5 heterocycles. The molecule has 1 saturated carbocycles. The van der Waals surface area contributed by atoms with Crippen molar-refractivity contribution in [3.8, 4) is 23.1 Å². The zero-order valence-corrected chi connectivity index (χ0v) is 27.8. The molecule has 3 fully saturated rings. The van der Waals surface area contributed by atoms with Gasteiger partial charge in [0.1, 0.15) is 18.5 Å². The highest BCUT2D eigenvalue weighted by Crippen LogP contribution is 2.49. The Balaban J connectivity index is 1.000. The SMILES string of the molecule is Cc1nn(-c2ncccn2)cc1C(=O)N1C[C@@H]2[C@H](C1)[C@@H]2Oc1cc(C2(C)CCCN2C(=O)OCc2ccccc2)cc(-c2ccc(F)cc2)n1. The van der Waals surface area contributed by atoms with Crippen LogP contribution in [-0.2, 0) is 16.9 Å². The summed E-state index contributed by atoms with van der Waals surface area (Å²) >= 11 is 0. The number of carbonyl (C=O) groups excluding carboxylic acids is 2. The summed E-state index contributed by atoms with van der Waals surface area (Å²) in [5.41, 5.74) is 3.62. The zero-order chi connectivity index (χ0) is 34.4. The lowest BCUT2D eigenvalue weighted by Gasteiger charge is -2.35. The van der Waals surface area contributed by atoms with Crippen LogP contribution in [0.4, 0.5) is 9.18 Å². The molecule has 0 radical (unpaired) electrons. The van der Waals surface area contributed by atoms with E-state index < -0.39 is 5.54 Å². The molecule has 1 unspecified atom stereocenters. The monoisotopic (exact) mass is 673 g/mol. The molecule has 3 aromatic heterocycles. The van der Waals surface area contributed by atoms with Gasteiger partial charge in [-0.3, -0.25) is 9.69 Å². The van der Waals surface area contributed by atoms with Crippen LogP contribution in [0.25, 0.3) is 17.2 Å². The van der Waals surface area contributed by atoms with Crippen LogP contribution in [0.15, 0.2) is 91.4 Å². The molecule has 0 bridgehead atoms. The largest absolute Gasteiger partial charge is 0.474 e. The van der Waals surface area contributed by atoms with Gasteiger partial charge in [0.05, 0.1) is 22.5 Å². The molecular formula is C38H36FN7O4. The molecule has 3 aliphatic rings. The van der Waals surface area contributed by atoms with Gasteiger partial charge in [0.15, 0.2) is 0 Å². The summed E-state index contributed by atoms with van der Waals surface area (Å²) in [5.74, 6) is 0.752. The summed E-state index contributed by atoms with van der Waals surface area (Å²) in [6.07, 6.45) is 6.01. The first kappa shape index (κ1) is 31.6. The van der Waals surface area contributed by atoms with Crippen molar-refractivity contribution >= 4 is 12.0 Å². The fourth-order valence-corrected chi connectivity index (χ4v) is 7.30. The molecule has 50 heavy (non-hydrogen) atoms. The topological polar surface area (TPSA) is 116 Å². The molecule has 0 N–H and O–H groups in total. The number of amides is 2. The van der Waals surface area contributed by atoms with Gasteiger partial charge in [0, 0.05) is 61.7 Å². The Morgan fingerprint density at radius 2 is 1.72 bits per heavy atom. The first-order chi connectivity index (χ1) is 24.3. The first-order valence-electron chi connectivity index (χ1n) is 16.8. The summed E-state index contributed by atoms with van der Waals surface area (Å²) in [4.78, 5) is 43.9. The summed E-state index contributed by atoms with van der Waals surface area (Å²) in [7, 11) is 0. The molecule has 2 aliphatic heterocycles. The molecular weight excluding hydrogens is 637 g/mol. The maximum Gasteiger partial charge on any atom is 0.410 e. The molecule has 254 valence electrons. The molecule has 5 aromatic rings. The molecule has 8 rings (SSSR count). The first-order valence-corrected chi connectivity index (χ1v) is 16.8. The Morgan fingerprint density at radius 3 is 2.46 bits per heavy atom. The number of hydrogen-bond acceptors (Lipinski definition) is 8. The predicted octanol–water partition coefficient (Wildman–Crippen LogP) is 5.97. The van der Waals surface area contributed by atoms with E-state index in [-0.39, 0.29) is 42.4 Å². The standard InChI is InChI=1S/C38H36FN7O4/c1-24-29(22-46(43-24)36-40-15-7-16-41-36)35(47)44-20-30-31(21-44)34(30)50-33-19-27(18-32(42-33)26-10-12-28(39)13-11-26)38(2)14-6-17-45(38)37(48)49-23-25-8-4-3-5-9-25/h3-5,7-13,15-16,18-19,22,30-31,34H,6,14,17,20-21,23H2,1-2H3/t30-,31+,34-,38?. The van der Waals surface area contributed by atoms with Crippen LogP contribution < -0.4 is 4.74 Å². The number of hydrogen-bond donors (Lipinski definition) is 0. The Morgan fingerprint density at radius 1 is 0.980 bits per heavy atom. The van der Waals surface area contributed by atoms with Gasteiger partial charge in [0.25, 0.3) is 5.91 Å². The van der Waals surface area contributed by atoms with E-state index in [9.17, 15) is 14.0 Å². The molecule has 2 aromatic carbocycles. The molecule has 2 amide bonds. The summed E-state index contributed by atoms with van der Waals surface area (Å²) < 4.78 is 27.7. The van der Waals surface area contributed by atoms with Crippen LogP contribution in [0, 0.1) is 24.6 Å². The molecule has 11 nitrogen and oxygen atoms in total. The lowest BCUT2D eigenvalue weighted by Crippen LogP contribution is -2.43. The number of benzene rings is 2. The highest BCUT2D eigenvalue weighted by Gasteiger charge is 2.59. The number of halogens is 1. The molecule has 2 saturated heterocycles. The Hall–Kier alpha value is -5.65. The molecule has 12 heteroatoms. The zero-order valence-electron chi connectivity index (χ0n) is 27.8. The van der Waals surface area contributed by atoms with Crippen molar-refractivity contribution in [3.63, 3.8) is 0 Å². The minimum absolute atomic E-state index is 0.0808. The Kier molecular flexibility index (Phi) is 8.01. The van der Waals surface area contributed by atoms with E-state index in [2.05, 4.69) is 15.1 Å². The van der Waals surface area contributed by atoms with Crippen molar-refractivity contribution in [1.82, 2.24) is 34.5 Å². The third-order valence-corrected chi connectivity index (χ3v) is 10.2. The lowest BCUT2D eigenvalue weighted by atomic mass is 9.89. The van der Waals surface area contributed by atoms with Gasteiger partial charge in [-0.1, -0.05) is 30.3 Å². The van der Waals surface area contributed by atoms with Crippen LogP contribution in [0.2, 0.25) is 0 Å². The van der Waals surface area contributed by atoms with Gasteiger partial charge < -0.3 is 14.4 Å². The summed E-state index contributed by atoms with van der Waals surface area (Å²) in [5, 5.41) is 4.46. The number of likely N-dealkylation sites (tertiary alicyclic amines) is 2. The van der Waals surface area contributed by atoms with E-state index in [1.54, 1.807) is 41.7 Å². The number of piperidine rings is 1. The van der Waals surface area contributed by atoms with Gasteiger partial charge >= 0.3 is 6.09 Å². The predicted molar refractivity (Wildman–Crippen MR) is 181 cm³/mol. The quantitative estimate of drug-likeness (QED) is 0.198. The van der Waals surface area contributed by atoms with Crippen LogP contribution >= 0.6 is 0 Å². The van der Waals surface area contributed by atoms with E-state index in [0.29, 0.717) is 48.4 Å². The number of aromatic nitrogens is 5. The number of carbonyl (C=O) groups is 2. The second-order valence-corrected chi connectivity index (χ2v) is 13.4. The van der Waals surface area contributed by atoms with Crippen molar-refractivity contribution in [2.45, 2.75) is 44.9 Å². The van der Waals surface area contributed by atoms with Crippen molar-refractivity contribution in [3.05, 3.63) is 120 Å². The fourth-order valence-electron chi connectivity index (χ4n) is 7.30. The molecule has 4 atom stereocenters. The van der Waals surface area contributed by atoms with Crippen molar-refractivity contribution in [1.29, 1.82) is 0 Å². The van der Waals surface area contributed by atoms with Crippen molar-refractivity contribution in [2.75, 3.05) is 19.6 Å². The Labute approximate surface area is 288 Å². The molecule has 0 spiro atoms. The highest BCUT2D eigenvalue weighted by atomic mass is 19.1. The number of rotatable bonds is 8. The third kappa shape index (κ3) is 5.95. The van der Waals surface area contributed by atoms with E-state index in [0.717, 1.165) is 29.5 Å². The van der Waals surface area contributed by atoms with Gasteiger partial charge in [-0.05, 0) is 74.2 Å². The smallest absolute Gasteiger partial charge is 0.410 e. The number of nitrogens with zero attached hydrogens (tertiary/aromatic N) is 7. The highest BCUT2D eigenvalue weighted by molar-refractivity contribution is 5.95. The van der Waals surface area contributed by atoms with Crippen LogP contribution in [0.1, 0.15) is 46.9 Å². The van der Waals surface area contributed by atoms with Gasteiger partial charge in [-0.15, -0.1) is 0 Å². The number of aryl methyl sites for hydroxylation is 1. The van der Waals surface area contributed by atoms with E-state index in [4.69, 9.17) is 14.5 Å². The fraction of sp³-hybridized carbons (Fsp3) is 0.316. The number of ether oxygens (including phenoxy) is 2. The summed E-state index contributed by atoms with van der Waals surface area (Å²) in [6, 6.07) is 21.4. The maximum atomic E-state index is 13.9. The average molecular weight is 674 g/mol. The molecule has 1 aliphatic carbocycles. The second kappa shape index (κ2) is 12.7. The number of pyridine rings is 1. The lowest BCUT2D eigenvalue weighted by molar-refractivity contribution is 0.0688. The summed E-state index contributed by atoms with van der Waals surface area (Å²) in [6.45, 7) is 5.71. The van der Waals surface area contributed by atoms with Crippen LogP contribution in [0.5, 0.6) is 5.88 Å². The van der Waals surface area contributed by atoms with Crippen molar-refractivity contribution < 1.29 is 23.5 Å². The van der Waals surface area contributed by atoms with Crippen LogP contribution in [0.3, 0.4) is 0 Å². The van der Waals surface area contributed by atoms with E-state index >= 15 is 0 Å². The third-order valence-electron chi connectivity index (χ3n) is 10.2. The van der Waals surface area contributed by atoms with Gasteiger partial charge in [-0.2, -0.15) is 5.10 Å². The normalized spacial score (nSPS) is 22.3. The van der Waals surface area contributed by atoms with Crippen molar-refractivity contribution in [2.24, 2.45) is 11.8 Å².